The largest absolute Gasteiger partial charge is 0.206 e. The summed E-state index contributed by atoms with van der Waals surface area (Å²) in [5.74, 6) is 0.610. The lowest BCUT2D eigenvalue weighted by Crippen LogP contribution is -2.01. The van der Waals surface area contributed by atoms with E-state index in [-0.39, 0.29) is 11.7 Å². The average Bonchev–Trinajstić information content (AvgIpc) is 2.62. The van der Waals surface area contributed by atoms with Crippen LogP contribution in [0.25, 0.3) is 0 Å². The van der Waals surface area contributed by atoms with Crippen LogP contribution in [0.3, 0.4) is 0 Å². The molecule has 0 bridgehead atoms. The minimum Gasteiger partial charge on any atom is -0.206 e. The molecule has 2 atom stereocenters. The van der Waals surface area contributed by atoms with E-state index < -0.39 is 0 Å². The van der Waals surface area contributed by atoms with Crippen LogP contribution >= 0.6 is 0 Å². The monoisotopic (exact) mass is 360 g/mol. The van der Waals surface area contributed by atoms with Crippen LogP contribution in [0.5, 0.6) is 0 Å². The normalized spacial score (nSPS) is 13.6. The Labute approximate surface area is 163 Å². The second kappa shape index (κ2) is 15.6. The van der Waals surface area contributed by atoms with Crippen molar-refractivity contribution in [3.63, 3.8) is 0 Å². The molecule has 0 amide bonds. The molecule has 0 heterocycles. The van der Waals surface area contributed by atoms with Gasteiger partial charge in [0.2, 0.25) is 0 Å². The quantitative estimate of drug-likeness (QED) is 0.323. The molecule has 0 aromatic rings. The van der Waals surface area contributed by atoms with E-state index in [1.807, 2.05) is 13.0 Å². The first-order valence-corrected chi connectivity index (χ1v) is 9.94. The van der Waals surface area contributed by atoms with E-state index in [0.29, 0.717) is 17.1 Å². The van der Waals surface area contributed by atoms with Gasteiger partial charge in [0.15, 0.2) is 0 Å². The van der Waals surface area contributed by atoms with Crippen molar-refractivity contribution in [3.8, 4) is 0 Å². The van der Waals surface area contributed by atoms with E-state index in [2.05, 4.69) is 60.9 Å². The number of halogens is 1. The zero-order chi connectivity index (χ0) is 20.7. The van der Waals surface area contributed by atoms with Crippen molar-refractivity contribution in [2.24, 2.45) is 11.8 Å². The smallest absolute Gasteiger partial charge is 0.130 e. The van der Waals surface area contributed by atoms with E-state index in [4.69, 9.17) is 0 Å². The zero-order valence-corrected chi connectivity index (χ0v) is 18.1. The molecule has 26 heavy (non-hydrogen) atoms. The molecular weight excluding hydrogens is 319 g/mol. The van der Waals surface area contributed by atoms with Gasteiger partial charge in [-0.2, -0.15) is 0 Å². The Hall–Kier alpha value is -1.63. The second-order valence-corrected chi connectivity index (χ2v) is 7.12. The van der Waals surface area contributed by atoms with Gasteiger partial charge < -0.3 is 0 Å². The predicted octanol–water partition coefficient (Wildman–Crippen LogP) is 8.91. The lowest BCUT2D eigenvalue weighted by molar-refractivity contribution is 0.453. The van der Waals surface area contributed by atoms with Crippen molar-refractivity contribution < 1.29 is 4.39 Å². The Kier molecular flexibility index (Phi) is 16.0. The van der Waals surface area contributed by atoms with Crippen molar-refractivity contribution in [2.75, 3.05) is 0 Å². The Morgan fingerprint density at radius 3 is 1.92 bits per heavy atom. The summed E-state index contributed by atoms with van der Waals surface area (Å²) in [6, 6.07) is 0. The van der Waals surface area contributed by atoms with Crippen molar-refractivity contribution in [1.29, 1.82) is 0 Å². The van der Waals surface area contributed by atoms with Gasteiger partial charge in [0.05, 0.1) is 0 Å². The van der Waals surface area contributed by atoms with E-state index >= 15 is 0 Å². The molecule has 0 aromatic heterocycles. The van der Waals surface area contributed by atoms with Crippen LogP contribution in [0.15, 0.2) is 72.7 Å². The summed E-state index contributed by atoms with van der Waals surface area (Å²) in [6.07, 6.45) is 10.6. The molecule has 0 aliphatic carbocycles. The summed E-state index contributed by atoms with van der Waals surface area (Å²) in [5, 5.41) is 0. The van der Waals surface area contributed by atoms with Gasteiger partial charge >= 0.3 is 0 Å². The van der Waals surface area contributed by atoms with Crippen molar-refractivity contribution in [2.45, 2.75) is 73.6 Å². The molecule has 0 rings (SSSR count). The summed E-state index contributed by atoms with van der Waals surface area (Å²) in [4.78, 5) is 0. The van der Waals surface area contributed by atoms with Crippen LogP contribution < -0.4 is 0 Å². The fourth-order valence-electron chi connectivity index (χ4n) is 1.91. The molecule has 0 aliphatic rings. The van der Waals surface area contributed by atoms with Gasteiger partial charge in [-0.3, -0.25) is 0 Å². The van der Waals surface area contributed by atoms with Gasteiger partial charge in [-0.1, -0.05) is 105 Å². The fourth-order valence-corrected chi connectivity index (χ4v) is 1.91. The Morgan fingerprint density at radius 2 is 1.46 bits per heavy atom. The summed E-state index contributed by atoms with van der Waals surface area (Å²) in [6.45, 7) is 28.4. The van der Waals surface area contributed by atoms with E-state index in [1.165, 1.54) is 18.9 Å². The summed E-state index contributed by atoms with van der Waals surface area (Å²) >= 11 is 0. The van der Waals surface area contributed by atoms with E-state index in [9.17, 15) is 4.39 Å². The Morgan fingerprint density at radius 1 is 0.923 bits per heavy atom. The minimum absolute atomic E-state index is 0.270. The van der Waals surface area contributed by atoms with E-state index in [1.54, 1.807) is 6.08 Å². The first-order chi connectivity index (χ1) is 12.1. The molecule has 0 nitrogen and oxygen atoms in total. The molecule has 0 fully saturated rings. The maximum Gasteiger partial charge on any atom is 0.130 e. The van der Waals surface area contributed by atoms with E-state index in [0.717, 1.165) is 30.4 Å². The highest BCUT2D eigenvalue weighted by atomic mass is 19.1. The topological polar surface area (TPSA) is 0 Å². The van der Waals surface area contributed by atoms with Gasteiger partial charge in [-0.05, 0) is 41.9 Å². The molecule has 148 valence electrons. The Bertz CT molecular complexity index is 516. The molecule has 0 saturated carbocycles. The van der Waals surface area contributed by atoms with Crippen molar-refractivity contribution in [1.82, 2.24) is 0 Å². The highest BCUT2D eigenvalue weighted by Crippen LogP contribution is 2.25. The highest BCUT2D eigenvalue weighted by Gasteiger charge is 2.10. The maximum atomic E-state index is 14.3. The van der Waals surface area contributed by atoms with Crippen LogP contribution in [0.2, 0.25) is 0 Å². The number of hydrogen-bond acceptors (Lipinski definition) is 0. The number of allylic oxidation sites excluding steroid dienone is 8. The highest BCUT2D eigenvalue weighted by molar-refractivity contribution is 5.48. The van der Waals surface area contributed by atoms with Gasteiger partial charge in [0, 0.05) is 5.57 Å². The standard InChI is InChI=1S/C22H33F.C3H8/c1-9-16(3)11-13-18(5)20(7)15-22(23)21(8)19(6)14-12-17(4)10-2;1-3-2/h12,14-16,18H,4,6-11,13H2,1-3,5H3;3H2,1-2H3/b14-12-,22-15+;. The van der Waals surface area contributed by atoms with Crippen LogP contribution in [-0.2, 0) is 0 Å². The van der Waals surface area contributed by atoms with Crippen LogP contribution in [0, 0.1) is 11.8 Å². The average molecular weight is 361 g/mol. The van der Waals surface area contributed by atoms with Gasteiger partial charge in [0.25, 0.3) is 0 Å². The molecule has 0 N–H and O–H groups in total. The molecule has 0 aliphatic heterocycles. The van der Waals surface area contributed by atoms with Gasteiger partial charge in [0.1, 0.15) is 5.83 Å². The molecule has 0 aromatic carbocycles. The third kappa shape index (κ3) is 12.7. The fraction of sp³-hybridized carbons (Fsp3) is 0.520. The SMILES string of the molecule is C=C(/C=C\C(=C)C(=C)/C(F)=C\C(=C)C(C)CCC(C)CC)CC.CCC. The lowest BCUT2D eigenvalue weighted by atomic mass is 9.91. The molecule has 2 unspecified atom stereocenters. The molecule has 0 saturated heterocycles. The lowest BCUT2D eigenvalue weighted by Gasteiger charge is -2.15. The maximum absolute atomic E-state index is 14.3. The van der Waals surface area contributed by atoms with Gasteiger partial charge in [-0.15, -0.1) is 0 Å². The third-order valence-corrected chi connectivity index (χ3v) is 4.38. The first kappa shape index (κ1) is 26.6. The van der Waals surface area contributed by atoms with Crippen molar-refractivity contribution in [3.05, 3.63) is 72.7 Å². The minimum atomic E-state index is -0.359. The summed E-state index contributed by atoms with van der Waals surface area (Å²) < 4.78 is 14.3. The van der Waals surface area contributed by atoms with Crippen LogP contribution in [0.1, 0.15) is 73.6 Å². The summed E-state index contributed by atoms with van der Waals surface area (Å²) in [5.41, 5.74) is 2.65. The van der Waals surface area contributed by atoms with Crippen LogP contribution in [-0.4, -0.2) is 0 Å². The Balaban J connectivity index is 0. The molecule has 1 heteroatoms. The second-order valence-electron chi connectivity index (χ2n) is 7.12. The van der Waals surface area contributed by atoms with Crippen LogP contribution in [0.4, 0.5) is 4.39 Å². The third-order valence-electron chi connectivity index (χ3n) is 4.38. The van der Waals surface area contributed by atoms with Crippen molar-refractivity contribution >= 4 is 0 Å². The van der Waals surface area contributed by atoms with Gasteiger partial charge in [-0.25, -0.2) is 4.39 Å². The molecule has 0 radical (unpaired) electrons. The summed E-state index contributed by atoms with van der Waals surface area (Å²) in [7, 11) is 0. The molecular formula is C25H41F. The first-order valence-electron chi connectivity index (χ1n) is 9.94. The predicted molar refractivity (Wildman–Crippen MR) is 119 cm³/mol. The number of rotatable bonds is 11. The molecule has 0 spiro atoms. The number of hydrogen-bond donors (Lipinski definition) is 0. The zero-order valence-electron chi connectivity index (χ0n) is 18.1.